The number of nitro groups is 1. The zero-order chi connectivity index (χ0) is 18.0. The molecular weight excluding hydrogens is 346 g/mol. The number of nitrogens with one attached hydrogen (secondary N) is 1. The highest BCUT2D eigenvalue weighted by Gasteiger charge is 2.21. The topological polar surface area (TPSA) is 92.6 Å². The Morgan fingerprint density at radius 3 is 2.52 bits per heavy atom. The highest BCUT2D eigenvalue weighted by Crippen LogP contribution is 2.26. The number of nitrogens with zero attached hydrogens (tertiary/aromatic N) is 2. The van der Waals surface area contributed by atoms with Crippen molar-refractivity contribution in [1.29, 1.82) is 0 Å². The standard InChI is InChI=1S/C17H14ClN3O4/c18-14-8-3-11(10-15(14)21(24)25)17(23)19-12-4-6-13(7-5-12)20-9-1-2-16(20)22/h3-8,10H,1-2,9H2,(H,19,23). The van der Waals surface area contributed by atoms with Gasteiger partial charge in [0.05, 0.1) is 4.92 Å². The van der Waals surface area contributed by atoms with Gasteiger partial charge >= 0.3 is 0 Å². The van der Waals surface area contributed by atoms with Gasteiger partial charge in [-0.05, 0) is 42.8 Å². The number of benzene rings is 2. The van der Waals surface area contributed by atoms with Crippen molar-refractivity contribution >= 4 is 40.5 Å². The third kappa shape index (κ3) is 3.61. The van der Waals surface area contributed by atoms with E-state index in [2.05, 4.69) is 5.32 Å². The van der Waals surface area contributed by atoms with Crippen molar-refractivity contribution in [2.45, 2.75) is 12.8 Å². The minimum atomic E-state index is -0.638. The Hall–Kier alpha value is -2.93. The number of nitro benzene ring substituents is 1. The third-order valence-corrected chi connectivity index (χ3v) is 4.23. The SMILES string of the molecule is O=C(Nc1ccc(N2CCCC2=O)cc1)c1ccc(Cl)c([N+](=O)[O-])c1. The first kappa shape index (κ1) is 16.9. The molecule has 2 aromatic rings. The van der Waals surface area contributed by atoms with Crippen molar-refractivity contribution in [3.8, 4) is 0 Å². The molecule has 1 aliphatic rings. The number of hydrogen-bond donors (Lipinski definition) is 1. The lowest BCUT2D eigenvalue weighted by atomic mass is 10.2. The van der Waals surface area contributed by atoms with Gasteiger partial charge in [-0.2, -0.15) is 0 Å². The number of carbonyl (C=O) groups excluding carboxylic acids is 2. The first-order valence-corrected chi connectivity index (χ1v) is 7.99. The van der Waals surface area contributed by atoms with Gasteiger partial charge in [0, 0.05) is 36.0 Å². The fraction of sp³-hybridized carbons (Fsp3) is 0.176. The van der Waals surface area contributed by atoms with Gasteiger partial charge in [-0.25, -0.2) is 0 Å². The van der Waals surface area contributed by atoms with Crippen LogP contribution in [0.2, 0.25) is 5.02 Å². The molecule has 1 aliphatic heterocycles. The van der Waals surface area contributed by atoms with Gasteiger partial charge in [-0.15, -0.1) is 0 Å². The smallest absolute Gasteiger partial charge is 0.288 e. The minimum Gasteiger partial charge on any atom is -0.322 e. The maximum Gasteiger partial charge on any atom is 0.288 e. The maximum atomic E-state index is 12.3. The number of anilines is 2. The zero-order valence-electron chi connectivity index (χ0n) is 13.1. The summed E-state index contributed by atoms with van der Waals surface area (Å²) >= 11 is 5.74. The highest BCUT2D eigenvalue weighted by molar-refractivity contribution is 6.32. The molecule has 0 spiro atoms. The molecule has 0 aromatic heterocycles. The summed E-state index contributed by atoms with van der Waals surface area (Å²) in [5, 5.41) is 13.5. The van der Waals surface area contributed by atoms with Crippen molar-refractivity contribution < 1.29 is 14.5 Å². The summed E-state index contributed by atoms with van der Waals surface area (Å²) in [7, 11) is 0. The third-order valence-electron chi connectivity index (χ3n) is 3.92. The molecule has 25 heavy (non-hydrogen) atoms. The largest absolute Gasteiger partial charge is 0.322 e. The summed E-state index contributed by atoms with van der Waals surface area (Å²) in [4.78, 5) is 35.9. The van der Waals surface area contributed by atoms with E-state index in [0.717, 1.165) is 18.2 Å². The summed E-state index contributed by atoms with van der Waals surface area (Å²) in [6.07, 6.45) is 1.39. The second-order valence-electron chi connectivity index (χ2n) is 5.57. The first-order chi connectivity index (χ1) is 12.0. The molecule has 0 aliphatic carbocycles. The van der Waals surface area contributed by atoms with E-state index in [1.807, 2.05) is 0 Å². The summed E-state index contributed by atoms with van der Waals surface area (Å²) in [6.45, 7) is 0.693. The molecule has 0 bridgehead atoms. The van der Waals surface area contributed by atoms with Crippen molar-refractivity contribution in [2.75, 3.05) is 16.8 Å². The minimum absolute atomic E-state index is 0.0267. The number of hydrogen-bond acceptors (Lipinski definition) is 4. The van der Waals surface area contributed by atoms with E-state index in [-0.39, 0.29) is 22.2 Å². The van der Waals surface area contributed by atoms with E-state index in [1.165, 1.54) is 12.1 Å². The second-order valence-corrected chi connectivity index (χ2v) is 5.98. The molecule has 1 fully saturated rings. The summed E-state index contributed by atoms with van der Waals surface area (Å²) in [6, 6.07) is 10.7. The van der Waals surface area contributed by atoms with Gasteiger partial charge in [0.1, 0.15) is 5.02 Å². The Morgan fingerprint density at radius 2 is 1.92 bits per heavy atom. The van der Waals surface area contributed by atoms with Crippen LogP contribution in [0.1, 0.15) is 23.2 Å². The van der Waals surface area contributed by atoms with E-state index < -0.39 is 10.8 Å². The normalized spacial score (nSPS) is 13.8. The van der Waals surface area contributed by atoms with Crippen molar-refractivity contribution in [2.24, 2.45) is 0 Å². The molecule has 3 rings (SSSR count). The monoisotopic (exact) mass is 359 g/mol. The molecule has 1 N–H and O–H groups in total. The van der Waals surface area contributed by atoms with Crippen LogP contribution in [0, 0.1) is 10.1 Å². The summed E-state index contributed by atoms with van der Waals surface area (Å²) in [5.74, 6) is -0.393. The predicted molar refractivity (Wildman–Crippen MR) is 94.1 cm³/mol. The van der Waals surface area contributed by atoms with E-state index in [0.29, 0.717) is 18.7 Å². The van der Waals surface area contributed by atoms with Crippen molar-refractivity contribution in [1.82, 2.24) is 0 Å². The maximum absolute atomic E-state index is 12.3. The Kier molecular flexibility index (Phi) is 4.67. The average Bonchev–Trinajstić information content (AvgIpc) is 3.01. The Labute approximate surface area is 148 Å². The van der Waals surface area contributed by atoms with Gasteiger partial charge in [-0.1, -0.05) is 11.6 Å². The fourth-order valence-electron chi connectivity index (χ4n) is 2.64. The summed E-state index contributed by atoms with van der Waals surface area (Å²) < 4.78 is 0. The van der Waals surface area contributed by atoms with Crippen LogP contribution in [0.25, 0.3) is 0 Å². The lowest BCUT2D eigenvalue weighted by Crippen LogP contribution is -2.23. The van der Waals surface area contributed by atoms with Gasteiger partial charge in [0.15, 0.2) is 0 Å². The molecule has 0 unspecified atom stereocenters. The van der Waals surface area contributed by atoms with Crippen LogP contribution in [0.4, 0.5) is 17.1 Å². The Morgan fingerprint density at radius 1 is 1.20 bits per heavy atom. The molecule has 0 radical (unpaired) electrons. The van der Waals surface area contributed by atoms with E-state index >= 15 is 0 Å². The first-order valence-electron chi connectivity index (χ1n) is 7.61. The van der Waals surface area contributed by atoms with Gasteiger partial charge in [0.25, 0.3) is 11.6 Å². The number of rotatable bonds is 4. The molecule has 2 aromatic carbocycles. The Balaban J connectivity index is 1.74. The van der Waals surface area contributed by atoms with Crippen molar-refractivity contribution in [3.05, 3.63) is 63.2 Å². The fourth-order valence-corrected chi connectivity index (χ4v) is 2.83. The molecule has 1 saturated heterocycles. The zero-order valence-corrected chi connectivity index (χ0v) is 13.8. The van der Waals surface area contributed by atoms with E-state index in [1.54, 1.807) is 29.2 Å². The van der Waals surface area contributed by atoms with E-state index in [4.69, 9.17) is 11.6 Å². The van der Waals surface area contributed by atoms with Crippen LogP contribution in [-0.2, 0) is 4.79 Å². The van der Waals surface area contributed by atoms with Crippen LogP contribution in [0.5, 0.6) is 0 Å². The van der Waals surface area contributed by atoms with Gasteiger partial charge in [-0.3, -0.25) is 19.7 Å². The van der Waals surface area contributed by atoms with Crippen LogP contribution < -0.4 is 10.2 Å². The van der Waals surface area contributed by atoms with Crippen LogP contribution in [0.3, 0.4) is 0 Å². The Bertz CT molecular complexity index is 851. The number of carbonyl (C=O) groups is 2. The highest BCUT2D eigenvalue weighted by atomic mass is 35.5. The van der Waals surface area contributed by atoms with Gasteiger partial charge < -0.3 is 10.2 Å². The molecule has 0 atom stereocenters. The van der Waals surface area contributed by atoms with Crippen LogP contribution in [0.15, 0.2) is 42.5 Å². The number of amides is 2. The second kappa shape index (κ2) is 6.90. The van der Waals surface area contributed by atoms with Crippen molar-refractivity contribution in [3.63, 3.8) is 0 Å². The quantitative estimate of drug-likeness (QED) is 0.666. The lowest BCUT2D eigenvalue weighted by molar-refractivity contribution is -0.384. The van der Waals surface area contributed by atoms with Crippen LogP contribution in [-0.4, -0.2) is 23.3 Å². The van der Waals surface area contributed by atoms with Crippen LogP contribution >= 0.6 is 11.6 Å². The molecule has 8 heteroatoms. The predicted octanol–water partition coefficient (Wildman–Crippen LogP) is 3.63. The molecule has 2 amide bonds. The molecule has 0 saturated carbocycles. The molecular formula is C17H14ClN3O4. The molecule has 1 heterocycles. The van der Waals surface area contributed by atoms with Gasteiger partial charge in [0.2, 0.25) is 5.91 Å². The molecule has 128 valence electrons. The lowest BCUT2D eigenvalue weighted by Gasteiger charge is -2.16. The summed E-state index contributed by atoms with van der Waals surface area (Å²) in [5.41, 5.74) is 1.12. The average molecular weight is 360 g/mol. The molecule has 7 nitrogen and oxygen atoms in total. The number of halogens is 1. The van der Waals surface area contributed by atoms with E-state index in [9.17, 15) is 19.7 Å².